The third-order valence-electron chi connectivity index (χ3n) is 3.97. The molecule has 0 aliphatic carbocycles. The Bertz CT molecular complexity index is 428. The van der Waals surface area contributed by atoms with Crippen LogP contribution in [-0.2, 0) is 9.53 Å². The van der Waals surface area contributed by atoms with Crippen molar-refractivity contribution in [2.75, 3.05) is 0 Å². The smallest absolute Gasteiger partial charge is 0.306 e. The van der Waals surface area contributed by atoms with Crippen LogP contribution in [0.25, 0.3) is 0 Å². The number of aliphatic hydroxyl groups excluding tert-OH is 1. The van der Waals surface area contributed by atoms with Gasteiger partial charge in [0, 0.05) is 12.0 Å². The standard InChI is InChI=1S/C14H20O3Si/c1-10(15)14-12(9-13(16)17-14)18(2,3)11-7-5-4-6-8-11/h4-8,10,12,14-15H,9H2,1-3H3/t10-,12-,14+/m1/s1. The minimum Gasteiger partial charge on any atom is -0.460 e. The summed E-state index contributed by atoms with van der Waals surface area (Å²) in [7, 11) is -1.82. The number of aliphatic hydroxyl groups is 1. The lowest BCUT2D eigenvalue weighted by Gasteiger charge is -2.33. The molecule has 1 heterocycles. The minimum absolute atomic E-state index is 0.146. The lowest BCUT2D eigenvalue weighted by Crippen LogP contribution is -2.50. The molecule has 18 heavy (non-hydrogen) atoms. The molecule has 2 rings (SSSR count). The van der Waals surface area contributed by atoms with Crippen molar-refractivity contribution in [3.63, 3.8) is 0 Å². The average molecular weight is 264 g/mol. The summed E-state index contributed by atoms with van der Waals surface area (Å²) in [6.07, 6.45) is -0.514. The normalized spacial score (nSPS) is 25.9. The van der Waals surface area contributed by atoms with E-state index in [4.69, 9.17) is 4.74 Å². The number of rotatable bonds is 3. The number of carbonyl (C=O) groups excluding carboxylic acids is 1. The van der Waals surface area contributed by atoms with E-state index in [1.165, 1.54) is 5.19 Å². The van der Waals surface area contributed by atoms with E-state index in [-0.39, 0.29) is 17.6 Å². The van der Waals surface area contributed by atoms with Gasteiger partial charge in [-0.25, -0.2) is 0 Å². The number of cyclic esters (lactones) is 1. The SMILES string of the molecule is C[C@@H](O)[C@@H]1OC(=O)C[C@H]1[Si](C)(C)c1ccccc1. The van der Waals surface area contributed by atoms with Gasteiger partial charge >= 0.3 is 5.97 Å². The summed E-state index contributed by atoms with van der Waals surface area (Å²) in [6, 6.07) is 10.3. The van der Waals surface area contributed by atoms with Gasteiger partial charge in [0.1, 0.15) is 6.10 Å². The second kappa shape index (κ2) is 4.86. The first-order chi connectivity index (χ1) is 8.43. The highest BCUT2D eigenvalue weighted by atomic mass is 28.3. The highest BCUT2D eigenvalue weighted by Crippen LogP contribution is 2.38. The Morgan fingerprint density at radius 1 is 1.33 bits per heavy atom. The van der Waals surface area contributed by atoms with Crippen LogP contribution in [0.3, 0.4) is 0 Å². The molecule has 0 bridgehead atoms. The van der Waals surface area contributed by atoms with Crippen molar-refractivity contribution in [1.29, 1.82) is 0 Å². The van der Waals surface area contributed by atoms with Crippen LogP contribution in [0, 0.1) is 0 Å². The van der Waals surface area contributed by atoms with Crippen LogP contribution >= 0.6 is 0 Å². The Hall–Kier alpha value is -1.13. The molecule has 1 aromatic rings. The van der Waals surface area contributed by atoms with E-state index >= 15 is 0 Å². The third-order valence-corrected chi connectivity index (χ3v) is 8.18. The lowest BCUT2D eigenvalue weighted by molar-refractivity contribution is -0.144. The third kappa shape index (κ3) is 2.35. The molecule has 1 aliphatic heterocycles. The van der Waals surface area contributed by atoms with Crippen LogP contribution in [-0.4, -0.2) is 31.4 Å². The summed E-state index contributed by atoms with van der Waals surface area (Å²) in [6.45, 7) is 6.18. The van der Waals surface area contributed by atoms with Gasteiger partial charge in [0.25, 0.3) is 0 Å². The molecule has 0 aromatic heterocycles. The lowest BCUT2D eigenvalue weighted by atomic mass is 10.1. The average Bonchev–Trinajstić information content (AvgIpc) is 2.73. The van der Waals surface area contributed by atoms with Crippen LogP contribution in [0.1, 0.15) is 13.3 Å². The van der Waals surface area contributed by atoms with Crippen molar-refractivity contribution in [2.45, 2.75) is 44.2 Å². The van der Waals surface area contributed by atoms with Crippen molar-refractivity contribution in [1.82, 2.24) is 0 Å². The Morgan fingerprint density at radius 2 is 1.94 bits per heavy atom. The van der Waals surface area contributed by atoms with Crippen molar-refractivity contribution < 1.29 is 14.6 Å². The van der Waals surface area contributed by atoms with Crippen molar-refractivity contribution in [2.24, 2.45) is 0 Å². The quantitative estimate of drug-likeness (QED) is 0.667. The molecule has 0 amide bonds. The predicted molar refractivity (Wildman–Crippen MR) is 73.5 cm³/mol. The molecule has 0 spiro atoms. The van der Waals surface area contributed by atoms with E-state index in [1.54, 1.807) is 6.92 Å². The fourth-order valence-corrected chi connectivity index (χ4v) is 6.08. The maximum Gasteiger partial charge on any atom is 0.306 e. The Labute approximate surface area is 109 Å². The van der Waals surface area contributed by atoms with Gasteiger partial charge in [-0.2, -0.15) is 0 Å². The van der Waals surface area contributed by atoms with Gasteiger partial charge in [-0.15, -0.1) is 0 Å². The van der Waals surface area contributed by atoms with Gasteiger partial charge in [-0.1, -0.05) is 48.6 Å². The number of carbonyl (C=O) groups is 1. The van der Waals surface area contributed by atoms with Crippen molar-refractivity contribution in [3.05, 3.63) is 30.3 Å². The maximum absolute atomic E-state index is 11.5. The summed E-state index contributed by atoms with van der Waals surface area (Å²) in [5.41, 5.74) is 0.146. The minimum atomic E-state index is -1.82. The fraction of sp³-hybridized carbons (Fsp3) is 0.500. The topological polar surface area (TPSA) is 46.5 Å². The second-order valence-electron chi connectivity index (χ2n) is 5.59. The van der Waals surface area contributed by atoms with Gasteiger partial charge < -0.3 is 9.84 Å². The van der Waals surface area contributed by atoms with E-state index in [0.29, 0.717) is 6.42 Å². The van der Waals surface area contributed by atoms with Crippen molar-refractivity contribution >= 4 is 19.2 Å². The van der Waals surface area contributed by atoms with E-state index in [2.05, 4.69) is 25.2 Å². The Kier molecular flexibility index (Phi) is 3.59. The van der Waals surface area contributed by atoms with Gasteiger partial charge in [0.2, 0.25) is 0 Å². The molecule has 1 saturated heterocycles. The monoisotopic (exact) mass is 264 g/mol. The first kappa shape index (κ1) is 13.3. The highest BCUT2D eigenvalue weighted by molar-refractivity contribution is 6.91. The number of esters is 1. The van der Waals surface area contributed by atoms with Crippen LogP contribution in [0.15, 0.2) is 30.3 Å². The molecule has 1 aromatic carbocycles. The fourth-order valence-electron chi connectivity index (χ4n) is 2.76. The maximum atomic E-state index is 11.5. The van der Waals surface area contributed by atoms with Gasteiger partial charge in [-0.05, 0) is 6.92 Å². The van der Waals surface area contributed by atoms with Gasteiger partial charge in [0.05, 0.1) is 14.2 Å². The van der Waals surface area contributed by atoms with Crippen molar-refractivity contribution in [3.8, 4) is 0 Å². The zero-order valence-corrected chi connectivity index (χ0v) is 12.1. The molecule has 3 atom stereocenters. The molecule has 1 N–H and O–H groups in total. The molecule has 3 nitrogen and oxygen atoms in total. The van der Waals surface area contributed by atoms with Crippen LogP contribution in [0.4, 0.5) is 0 Å². The molecular weight excluding hydrogens is 244 g/mol. The van der Waals surface area contributed by atoms with E-state index in [1.807, 2.05) is 18.2 Å². The first-order valence-corrected chi connectivity index (χ1v) is 9.43. The van der Waals surface area contributed by atoms with E-state index < -0.39 is 14.2 Å². The van der Waals surface area contributed by atoms with E-state index in [0.717, 1.165) is 0 Å². The second-order valence-corrected chi connectivity index (χ2v) is 10.4. The molecular formula is C14H20O3Si. The Balaban J connectivity index is 2.31. The predicted octanol–water partition coefficient (Wildman–Crippen LogP) is 1.67. The van der Waals surface area contributed by atoms with Crippen LogP contribution < -0.4 is 5.19 Å². The summed E-state index contributed by atoms with van der Waals surface area (Å²) < 4.78 is 5.29. The first-order valence-electron chi connectivity index (χ1n) is 6.36. The number of benzene rings is 1. The molecule has 4 heteroatoms. The zero-order chi connectivity index (χ0) is 13.3. The highest BCUT2D eigenvalue weighted by Gasteiger charge is 2.48. The zero-order valence-electron chi connectivity index (χ0n) is 11.1. The molecule has 1 aliphatic rings. The number of hydrogen-bond donors (Lipinski definition) is 1. The van der Waals surface area contributed by atoms with Gasteiger partial charge in [-0.3, -0.25) is 4.79 Å². The summed E-state index contributed by atoms with van der Waals surface area (Å²) in [5.74, 6) is -0.178. The molecule has 0 radical (unpaired) electrons. The van der Waals surface area contributed by atoms with Gasteiger partial charge in [0.15, 0.2) is 0 Å². The molecule has 1 fully saturated rings. The number of hydrogen-bond acceptors (Lipinski definition) is 3. The van der Waals surface area contributed by atoms with Crippen LogP contribution in [0.2, 0.25) is 18.6 Å². The number of ether oxygens (including phenoxy) is 1. The summed E-state index contributed by atoms with van der Waals surface area (Å²) in [5, 5.41) is 11.1. The largest absolute Gasteiger partial charge is 0.460 e. The molecule has 0 saturated carbocycles. The van der Waals surface area contributed by atoms with Crippen LogP contribution in [0.5, 0.6) is 0 Å². The summed E-state index contributed by atoms with van der Waals surface area (Å²) >= 11 is 0. The Morgan fingerprint density at radius 3 is 2.50 bits per heavy atom. The summed E-state index contributed by atoms with van der Waals surface area (Å²) in [4.78, 5) is 11.5. The molecule has 0 unspecified atom stereocenters. The molecule has 98 valence electrons. The van der Waals surface area contributed by atoms with E-state index in [9.17, 15) is 9.90 Å².